The van der Waals surface area contributed by atoms with E-state index in [1.165, 1.54) is 11.8 Å². The first-order valence-electron chi connectivity index (χ1n) is 4.28. The van der Waals surface area contributed by atoms with Gasteiger partial charge in [0.1, 0.15) is 11.9 Å². The maximum atomic E-state index is 12.7. The molecular weight excluding hydrogens is 203 g/mol. The van der Waals surface area contributed by atoms with Crippen LogP contribution < -0.4 is 4.74 Å². The maximum Gasteiger partial charge on any atom is 0.132 e. The third-order valence-electron chi connectivity index (χ3n) is 1.69. The Balaban J connectivity index is 2.57. The lowest BCUT2D eigenvalue weighted by molar-refractivity contribution is 0.194. The van der Waals surface area contributed by atoms with Gasteiger partial charge in [-0.3, -0.25) is 0 Å². The first kappa shape index (κ1) is 11.3. The Morgan fingerprint density at radius 2 is 2.21 bits per heavy atom. The summed E-state index contributed by atoms with van der Waals surface area (Å²) in [5, 5.41) is 8.52. The molecule has 1 N–H and O–H groups in total. The number of benzene rings is 1. The summed E-state index contributed by atoms with van der Waals surface area (Å²) >= 11 is 1.34. The standard InChI is InChI=1S/C10H13FO2S/c1-13-9-4-2-3-5-10(9)14-7-8(11)6-12/h2-5,8,12H,6-7H2,1H3/t8-/m0/s1. The van der Waals surface area contributed by atoms with E-state index in [0.717, 1.165) is 10.6 Å². The van der Waals surface area contributed by atoms with Gasteiger partial charge in [0.05, 0.1) is 13.7 Å². The largest absolute Gasteiger partial charge is 0.496 e. The van der Waals surface area contributed by atoms with E-state index in [9.17, 15) is 4.39 Å². The minimum Gasteiger partial charge on any atom is -0.496 e. The molecule has 1 rings (SSSR count). The molecule has 1 atom stereocenters. The van der Waals surface area contributed by atoms with E-state index in [-0.39, 0.29) is 5.75 Å². The highest BCUT2D eigenvalue weighted by atomic mass is 32.2. The van der Waals surface area contributed by atoms with Gasteiger partial charge in [0.25, 0.3) is 0 Å². The Morgan fingerprint density at radius 3 is 2.86 bits per heavy atom. The fraction of sp³-hybridized carbons (Fsp3) is 0.400. The fourth-order valence-corrected chi connectivity index (χ4v) is 1.91. The number of halogens is 1. The molecule has 0 saturated heterocycles. The zero-order chi connectivity index (χ0) is 10.4. The molecule has 14 heavy (non-hydrogen) atoms. The van der Waals surface area contributed by atoms with Crippen LogP contribution in [-0.2, 0) is 0 Å². The van der Waals surface area contributed by atoms with Gasteiger partial charge in [0.2, 0.25) is 0 Å². The maximum absolute atomic E-state index is 12.7. The molecule has 0 aliphatic rings. The SMILES string of the molecule is COc1ccccc1SC[C@@H](F)CO. The van der Waals surface area contributed by atoms with Crippen LogP contribution in [0.25, 0.3) is 0 Å². The summed E-state index contributed by atoms with van der Waals surface area (Å²) in [5.74, 6) is 0.985. The van der Waals surface area contributed by atoms with Crippen molar-refractivity contribution in [1.29, 1.82) is 0 Å². The van der Waals surface area contributed by atoms with Gasteiger partial charge in [-0.1, -0.05) is 12.1 Å². The average molecular weight is 216 g/mol. The Bertz CT molecular complexity index is 281. The summed E-state index contributed by atoms with van der Waals surface area (Å²) in [6, 6.07) is 7.43. The quantitative estimate of drug-likeness (QED) is 0.764. The number of hydrogen-bond acceptors (Lipinski definition) is 3. The van der Waals surface area contributed by atoms with Gasteiger partial charge in [-0.2, -0.15) is 0 Å². The number of hydrogen-bond donors (Lipinski definition) is 1. The molecule has 0 aliphatic heterocycles. The van der Waals surface area contributed by atoms with Crippen LogP contribution in [0.3, 0.4) is 0 Å². The highest BCUT2D eigenvalue weighted by molar-refractivity contribution is 7.99. The second-order valence-electron chi connectivity index (χ2n) is 2.74. The van der Waals surface area contributed by atoms with Crippen LogP contribution in [0.2, 0.25) is 0 Å². The highest BCUT2D eigenvalue weighted by Crippen LogP contribution is 2.29. The van der Waals surface area contributed by atoms with Crippen molar-refractivity contribution in [3.63, 3.8) is 0 Å². The number of aliphatic hydroxyl groups excluding tert-OH is 1. The lowest BCUT2D eigenvalue weighted by atomic mass is 10.3. The van der Waals surface area contributed by atoms with Gasteiger partial charge >= 0.3 is 0 Å². The van der Waals surface area contributed by atoms with E-state index in [0.29, 0.717) is 0 Å². The summed E-state index contributed by atoms with van der Waals surface area (Å²) in [5.41, 5.74) is 0. The van der Waals surface area contributed by atoms with Crippen molar-refractivity contribution in [1.82, 2.24) is 0 Å². The van der Waals surface area contributed by atoms with Crippen LogP contribution in [-0.4, -0.2) is 30.7 Å². The number of ether oxygens (including phenoxy) is 1. The van der Waals surface area contributed by atoms with Crippen LogP contribution in [0.15, 0.2) is 29.2 Å². The molecule has 1 aromatic carbocycles. The molecule has 0 fully saturated rings. The van der Waals surface area contributed by atoms with Crippen molar-refractivity contribution in [2.45, 2.75) is 11.1 Å². The molecular formula is C10H13FO2S. The summed E-state index contributed by atoms with van der Waals surface area (Å²) in [6.45, 7) is -0.428. The van der Waals surface area contributed by atoms with E-state index >= 15 is 0 Å². The molecule has 1 aromatic rings. The molecule has 0 saturated carbocycles. The van der Waals surface area contributed by atoms with Crippen molar-refractivity contribution in [2.75, 3.05) is 19.5 Å². The molecule has 0 aromatic heterocycles. The van der Waals surface area contributed by atoms with Crippen LogP contribution in [0, 0.1) is 0 Å². The smallest absolute Gasteiger partial charge is 0.132 e. The summed E-state index contributed by atoms with van der Waals surface area (Å²) in [7, 11) is 1.58. The topological polar surface area (TPSA) is 29.5 Å². The minimum absolute atomic E-state index is 0.247. The third kappa shape index (κ3) is 3.20. The van der Waals surface area contributed by atoms with Crippen LogP contribution in [0.5, 0.6) is 5.75 Å². The van der Waals surface area contributed by atoms with Crippen LogP contribution >= 0.6 is 11.8 Å². The summed E-state index contributed by atoms with van der Waals surface area (Å²) < 4.78 is 17.8. The highest BCUT2D eigenvalue weighted by Gasteiger charge is 2.07. The van der Waals surface area contributed by atoms with Gasteiger partial charge in [-0.05, 0) is 12.1 Å². The number of aliphatic hydroxyl groups is 1. The molecule has 0 heterocycles. The van der Waals surface area contributed by atoms with Crippen molar-refractivity contribution >= 4 is 11.8 Å². The zero-order valence-corrected chi connectivity index (χ0v) is 8.76. The molecule has 0 aliphatic carbocycles. The Labute approximate surface area is 87.1 Å². The van der Waals surface area contributed by atoms with E-state index in [4.69, 9.17) is 9.84 Å². The Hall–Kier alpha value is -0.740. The second-order valence-corrected chi connectivity index (χ2v) is 3.80. The Kier molecular flexibility index (Phi) is 4.76. The molecule has 0 spiro atoms. The Morgan fingerprint density at radius 1 is 1.50 bits per heavy atom. The van der Waals surface area contributed by atoms with E-state index in [1.807, 2.05) is 24.3 Å². The van der Waals surface area contributed by atoms with Gasteiger partial charge < -0.3 is 9.84 Å². The second kappa shape index (κ2) is 5.88. The molecule has 78 valence electrons. The first-order valence-corrected chi connectivity index (χ1v) is 5.27. The summed E-state index contributed by atoms with van der Waals surface area (Å²) in [4.78, 5) is 0.895. The molecule has 0 amide bonds. The molecule has 4 heteroatoms. The predicted molar refractivity (Wildman–Crippen MR) is 55.7 cm³/mol. The number of thioether (sulfide) groups is 1. The van der Waals surface area contributed by atoms with Crippen molar-refractivity contribution in [3.05, 3.63) is 24.3 Å². The fourth-order valence-electron chi connectivity index (χ4n) is 0.971. The normalized spacial score (nSPS) is 12.5. The van der Waals surface area contributed by atoms with Gasteiger partial charge in [0, 0.05) is 10.6 Å². The van der Waals surface area contributed by atoms with Gasteiger partial charge in [-0.25, -0.2) is 4.39 Å². The third-order valence-corrected chi connectivity index (χ3v) is 2.86. The van der Waals surface area contributed by atoms with E-state index in [2.05, 4.69) is 0 Å². The number of para-hydroxylation sites is 1. The van der Waals surface area contributed by atoms with Crippen molar-refractivity contribution in [2.24, 2.45) is 0 Å². The van der Waals surface area contributed by atoms with Crippen LogP contribution in [0.4, 0.5) is 4.39 Å². The van der Waals surface area contributed by atoms with E-state index in [1.54, 1.807) is 7.11 Å². The van der Waals surface area contributed by atoms with Crippen molar-refractivity contribution < 1.29 is 14.2 Å². The molecule has 2 nitrogen and oxygen atoms in total. The zero-order valence-electron chi connectivity index (χ0n) is 7.94. The lowest BCUT2D eigenvalue weighted by Crippen LogP contribution is -2.08. The average Bonchev–Trinajstić information content (AvgIpc) is 2.26. The number of methoxy groups -OCH3 is 1. The molecule has 0 radical (unpaired) electrons. The molecule has 0 unspecified atom stereocenters. The lowest BCUT2D eigenvalue weighted by Gasteiger charge is -2.08. The van der Waals surface area contributed by atoms with Gasteiger partial charge in [0.15, 0.2) is 0 Å². The van der Waals surface area contributed by atoms with E-state index < -0.39 is 12.8 Å². The molecule has 0 bridgehead atoms. The number of rotatable bonds is 5. The first-order chi connectivity index (χ1) is 6.77. The minimum atomic E-state index is -1.18. The van der Waals surface area contributed by atoms with Crippen LogP contribution in [0.1, 0.15) is 0 Å². The van der Waals surface area contributed by atoms with Gasteiger partial charge in [-0.15, -0.1) is 11.8 Å². The predicted octanol–water partition coefficient (Wildman–Crippen LogP) is 2.12. The monoisotopic (exact) mass is 216 g/mol. The number of alkyl halides is 1. The van der Waals surface area contributed by atoms with Crippen molar-refractivity contribution in [3.8, 4) is 5.75 Å². The summed E-state index contributed by atoms with van der Waals surface area (Å²) in [6.07, 6.45) is -1.18.